The molecule has 2 aromatic rings. The molecule has 1 aromatic heterocycles. The molecule has 1 aromatic carbocycles. The Morgan fingerprint density at radius 3 is 2.48 bits per heavy atom. The molecule has 0 spiro atoms. The van der Waals surface area contributed by atoms with Crippen molar-refractivity contribution in [1.82, 2.24) is 4.98 Å². The lowest BCUT2D eigenvalue weighted by molar-refractivity contribution is -0.141. The van der Waals surface area contributed by atoms with Crippen LogP contribution in [0.4, 0.5) is 23.2 Å². The standard InChI is InChI=1S/C13H7F4N3O/c14-8-3-7(5-18)1-2-10(8)21-11-4-12(13(15,16)17)20-6-9(11)19/h1-4,6H,19H2. The number of hydrogen-bond acceptors (Lipinski definition) is 4. The van der Waals surface area contributed by atoms with Gasteiger partial charge in [-0.3, -0.25) is 0 Å². The summed E-state index contributed by atoms with van der Waals surface area (Å²) in [6.07, 6.45) is -3.89. The summed E-state index contributed by atoms with van der Waals surface area (Å²) in [6.45, 7) is 0. The van der Waals surface area contributed by atoms with Crippen molar-refractivity contribution in [2.45, 2.75) is 6.18 Å². The number of anilines is 1. The minimum absolute atomic E-state index is 0.0542. The van der Waals surface area contributed by atoms with E-state index in [0.29, 0.717) is 6.07 Å². The van der Waals surface area contributed by atoms with Gasteiger partial charge in [0.05, 0.1) is 23.5 Å². The summed E-state index contributed by atoms with van der Waals surface area (Å²) in [7, 11) is 0. The fourth-order valence-corrected chi connectivity index (χ4v) is 1.46. The van der Waals surface area contributed by atoms with Crippen LogP contribution in [-0.2, 0) is 6.18 Å². The Morgan fingerprint density at radius 1 is 1.19 bits per heavy atom. The third-order valence-electron chi connectivity index (χ3n) is 2.47. The van der Waals surface area contributed by atoms with Gasteiger partial charge in [-0.1, -0.05) is 0 Å². The highest BCUT2D eigenvalue weighted by Gasteiger charge is 2.33. The van der Waals surface area contributed by atoms with Crippen LogP contribution in [0.25, 0.3) is 0 Å². The zero-order valence-electron chi connectivity index (χ0n) is 10.3. The van der Waals surface area contributed by atoms with E-state index in [1.54, 1.807) is 6.07 Å². The monoisotopic (exact) mass is 297 g/mol. The molecule has 0 saturated heterocycles. The molecule has 0 radical (unpaired) electrons. The van der Waals surface area contributed by atoms with Crippen LogP contribution in [0.2, 0.25) is 0 Å². The minimum Gasteiger partial charge on any atom is -0.452 e. The third-order valence-corrected chi connectivity index (χ3v) is 2.47. The predicted octanol–water partition coefficient (Wildman–Crippen LogP) is 3.49. The van der Waals surface area contributed by atoms with Crippen molar-refractivity contribution in [3.05, 3.63) is 47.5 Å². The first-order valence-electron chi connectivity index (χ1n) is 5.51. The lowest BCUT2D eigenvalue weighted by atomic mass is 10.2. The molecule has 0 aliphatic rings. The fraction of sp³-hybridized carbons (Fsp3) is 0.0769. The van der Waals surface area contributed by atoms with Crippen molar-refractivity contribution in [1.29, 1.82) is 5.26 Å². The maximum Gasteiger partial charge on any atom is 0.433 e. The average Bonchev–Trinajstić information content (AvgIpc) is 2.42. The molecule has 0 aliphatic carbocycles. The Balaban J connectivity index is 2.38. The van der Waals surface area contributed by atoms with Crippen molar-refractivity contribution in [2.24, 2.45) is 0 Å². The maximum atomic E-state index is 13.6. The van der Waals surface area contributed by atoms with Gasteiger partial charge in [0.25, 0.3) is 0 Å². The van der Waals surface area contributed by atoms with E-state index in [0.717, 1.165) is 18.3 Å². The Morgan fingerprint density at radius 2 is 1.90 bits per heavy atom. The molecule has 0 unspecified atom stereocenters. The van der Waals surface area contributed by atoms with Gasteiger partial charge in [-0.2, -0.15) is 18.4 Å². The normalized spacial score (nSPS) is 11.0. The number of alkyl halides is 3. The molecule has 21 heavy (non-hydrogen) atoms. The van der Waals surface area contributed by atoms with Crippen LogP contribution in [0.15, 0.2) is 30.5 Å². The second-order valence-electron chi connectivity index (χ2n) is 3.96. The maximum absolute atomic E-state index is 13.6. The van der Waals surface area contributed by atoms with Crippen LogP contribution < -0.4 is 10.5 Å². The first-order valence-corrected chi connectivity index (χ1v) is 5.51. The molecule has 108 valence electrons. The zero-order valence-corrected chi connectivity index (χ0v) is 10.3. The fourth-order valence-electron chi connectivity index (χ4n) is 1.46. The molecule has 0 aliphatic heterocycles. The smallest absolute Gasteiger partial charge is 0.433 e. The van der Waals surface area contributed by atoms with Gasteiger partial charge in [0, 0.05) is 6.07 Å². The van der Waals surface area contributed by atoms with Crippen LogP contribution in [0.3, 0.4) is 0 Å². The molecule has 4 nitrogen and oxygen atoms in total. The van der Waals surface area contributed by atoms with Gasteiger partial charge in [0.15, 0.2) is 17.3 Å². The molecular formula is C13H7F4N3O. The lowest BCUT2D eigenvalue weighted by Gasteiger charge is -2.12. The second-order valence-corrected chi connectivity index (χ2v) is 3.96. The van der Waals surface area contributed by atoms with E-state index in [1.165, 1.54) is 6.07 Å². The van der Waals surface area contributed by atoms with Crippen molar-refractivity contribution in [3.63, 3.8) is 0 Å². The van der Waals surface area contributed by atoms with E-state index >= 15 is 0 Å². The summed E-state index contributed by atoms with van der Waals surface area (Å²) in [5, 5.41) is 8.60. The summed E-state index contributed by atoms with van der Waals surface area (Å²) in [5.74, 6) is -1.61. The lowest BCUT2D eigenvalue weighted by Crippen LogP contribution is -2.09. The summed E-state index contributed by atoms with van der Waals surface area (Å²) < 4.78 is 56.3. The number of ether oxygens (including phenoxy) is 1. The number of halogens is 4. The molecule has 2 rings (SSSR count). The van der Waals surface area contributed by atoms with Crippen molar-refractivity contribution < 1.29 is 22.3 Å². The summed E-state index contributed by atoms with van der Waals surface area (Å²) >= 11 is 0. The summed E-state index contributed by atoms with van der Waals surface area (Å²) in [6, 6.07) is 5.59. The van der Waals surface area contributed by atoms with Crippen LogP contribution in [0, 0.1) is 17.1 Å². The molecule has 0 amide bonds. The third kappa shape index (κ3) is 3.20. The highest BCUT2D eigenvalue weighted by Crippen LogP contribution is 2.34. The molecule has 0 bridgehead atoms. The number of nitriles is 1. The number of nitrogen functional groups attached to an aromatic ring is 1. The van der Waals surface area contributed by atoms with E-state index in [1.807, 2.05) is 0 Å². The highest BCUT2D eigenvalue weighted by atomic mass is 19.4. The van der Waals surface area contributed by atoms with Gasteiger partial charge in [-0.25, -0.2) is 9.37 Å². The van der Waals surface area contributed by atoms with Gasteiger partial charge >= 0.3 is 6.18 Å². The van der Waals surface area contributed by atoms with E-state index in [2.05, 4.69) is 4.98 Å². The van der Waals surface area contributed by atoms with Crippen LogP contribution >= 0.6 is 0 Å². The van der Waals surface area contributed by atoms with Gasteiger partial charge in [-0.05, 0) is 18.2 Å². The van der Waals surface area contributed by atoms with E-state index in [-0.39, 0.29) is 22.7 Å². The number of rotatable bonds is 2. The Bertz CT molecular complexity index is 722. The molecule has 0 fully saturated rings. The number of aromatic nitrogens is 1. The number of hydrogen-bond donors (Lipinski definition) is 1. The van der Waals surface area contributed by atoms with Gasteiger partial charge < -0.3 is 10.5 Å². The van der Waals surface area contributed by atoms with Crippen LogP contribution in [-0.4, -0.2) is 4.98 Å². The second kappa shape index (κ2) is 5.28. The molecule has 8 heteroatoms. The summed E-state index contributed by atoms with van der Waals surface area (Å²) in [4.78, 5) is 3.13. The summed E-state index contributed by atoms with van der Waals surface area (Å²) in [5.41, 5.74) is 4.13. The number of benzene rings is 1. The van der Waals surface area contributed by atoms with Crippen LogP contribution in [0.1, 0.15) is 11.3 Å². The number of nitrogens with zero attached hydrogens (tertiary/aromatic N) is 2. The average molecular weight is 297 g/mol. The number of nitrogens with two attached hydrogens (primary N) is 1. The SMILES string of the molecule is N#Cc1ccc(Oc2cc(C(F)(F)F)ncc2N)c(F)c1. The highest BCUT2D eigenvalue weighted by molar-refractivity contribution is 5.53. The molecular weight excluding hydrogens is 290 g/mol. The topological polar surface area (TPSA) is 71.9 Å². The number of pyridine rings is 1. The van der Waals surface area contributed by atoms with Crippen molar-refractivity contribution in [2.75, 3.05) is 5.73 Å². The quantitative estimate of drug-likeness (QED) is 0.861. The largest absolute Gasteiger partial charge is 0.452 e. The predicted molar refractivity (Wildman–Crippen MR) is 64.8 cm³/mol. The Hall–Kier alpha value is -2.82. The van der Waals surface area contributed by atoms with E-state index < -0.39 is 17.7 Å². The van der Waals surface area contributed by atoms with Crippen LogP contribution in [0.5, 0.6) is 11.5 Å². The van der Waals surface area contributed by atoms with Crippen molar-refractivity contribution in [3.8, 4) is 17.6 Å². The Labute approximate surface area is 116 Å². The van der Waals surface area contributed by atoms with E-state index in [9.17, 15) is 17.6 Å². The zero-order chi connectivity index (χ0) is 15.6. The van der Waals surface area contributed by atoms with Crippen molar-refractivity contribution >= 4 is 5.69 Å². The molecule has 1 heterocycles. The van der Waals surface area contributed by atoms with E-state index in [4.69, 9.17) is 15.7 Å². The first kappa shape index (κ1) is 14.6. The first-order chi connectivity index (χ1) is 9.81. The molecule has 2 N–H and O–H groups in total. The van der Waals surface area contributed by atoms with Gasteiger partial charge in [0.2, 0.25) is 0 Å². The van der Waals surface area contributed by atoms with Gasteiger partial charge in [-0.15, -0.1) is 0 Å². The molecule has 0 saturated carbocycles. The van der Waals surface area contributed by atoms with Gasteiger partial charge in [0.1, 0.15) is 5.69 Å². The molecule has 0 atom stereocenters. The Kier molecular flexibility index (Phi) is 3.67. The minimum atomic E-state index is -4.67.